The Kier molecular flexibility index (Phi) is 7.22. The molecule has 2 aromatic rings. The lowest BCUT2D eigenvalue weighted by Crippen LogP contribution is -2.56. The number of rotatable bonds is 7. The van der Waals surface area contributed by atoms with Crippen LogP contribution in [0.25, 0.3) is 0 Å². The number of fused-ring (bicyclic) bond motifs is 2. The number of hydrogen-bond donors (Lipinski definition) is 2. The third-order valence-electron chi connectivity index (χ3n) is 7.55. The van der Waals surface area contributed by atoms with Gasteiger partial charge in [-0.05, 0) is 69.1 Å². The Balaban J connectivity index is 1.39. The van der Waals surface area contributed by atoms with Gasteiger partial charge in [0, 0.05) is 30.7 Å². The van der Waals surface area contributed by atoms with Crippen LogP contribution in [0.15, 0.2) is 42.5 Å². The highest BCUT2D eigenvalue weighted by molar-refractivity contribution is 6.04. The fraction of sp³-hybridized carbons (Fsp3) is 0.481. The predicted molar refractivity (Wildman–Crippen MR) is 126 cm³/mol. The van der Waals surface area contributed by atoms with Crippen molar-refractivity contribution >= 4 is 11.8 Å². The monoisotopic (exact) mass is 487 g/mol. The van der Waals surface area contributed by atoms with Crippen LogP contribution in [-0.2, 0) is 22.6 Å². The van der Waals surface area contributed by atoms with Gasteiger partial charge in [0.15, 0.2) is 11.6 Å². The van der Waals surface area contributed by atoms with Crippen LogP contribution in [0.4, 0.5) is 13.2 Å². The first-order chi connectivity index (χ1) is 16.6. The summed E-state index contributed by atoms with van der Waals surface area (Å²) in [5.41, 5.74) is 6.18. The van der Waals surface area contributed by atoms with Crippen LogP contribution < -0.4 is 11.1 Å². The SMILES string of the molecule is CC(C)(C(=O)NCc1ccccc1)C(=O)N1[C@@H]2CC[C@H]1C[C@H]([C@H](N)Cc1cc(F)c(F)cc1F)C2. The summed E-state index contributed by atoms with van der Waals surface area (Å²) >= 11 is 0. The molecular formula is C27H32F3N3O2. The van der Waals surface area contributed by atoms with E-state index in [-0.39, 0.29) is 41.8 Å². The number of nitrogens with two attached hydrogens (primary N) is 1. The summed E-state index contributed by atoms with van der Waals surface area (Å²) in [4.78, 5) is 28.3. The zero-order chi connectivity index (χ0) is 25.3. The molecule has 2 aromatic carbocycles. The molecule has 0 aromatic heterocycles. The lowest BCUT2D eigenvalue weighted by molar-refractivity contribution is -0.152. The van der Waals surface area contributed by atoms with Gasteiger partial charge in [0.2, 0.25) is 11.8 Å². The van der Waals surface area contributed by atoms with Gasteiger partial charge in [-0.1, -0.05) is 30.3 Å². The number of nitrogens with zero attached hydrogens (tertiary/aromatic N) is 1. The van der Waals surface area contributed by atoms with Gasteiger partial charge >= 0.3 is 0 Å². The number of carbonyl (C=O) groups excluding carboxylic acids is 2. The van der Waals surface area contributed by atoms with E-state index in [0.29, 0.717) is 25.5 Å². The zero-order valence-electron chi connectivity index (χ0n) is 20.1. The molecule has 5 nitrogen and oxygen atoms in total. The first kappa shape index (κ1) is 25.2. The quantitative estimate of drug-likeness (QED) is 0.456. The molecular weight excluding hydrogens is 455 g/mol. The number of benzene rings is 2. The molecule has 35 heavy (non-hydrogen) atoms. The average molecular weight is 488 g/mol. The fourth-order valence-electron chi connectivity index (χ4n) is 5.46. The van der Waals surface area contributed by atoms with Gasteiger partial charge in [-0.3, -0.25) is 9.59 Å². The second-order valence-electron chi connectivity index (χ2n) is 10.3. The fourth-order valence-corrected chi connectivity index (χ4v) is 5.46. The van der Waals surface area contributed by atoms with Crippen molar-refractivity contribution in [3.05, 3.63) is 71.0 Å². The van der Waals surface area contributed by atoms with Crippen LogP contribution in [-0.4, -0.2) is 34.8 Å². The van der Waals surface area contributed by atoms with Crippen molar-refractivity contribution in [2.24, 2.45) is 17.1 Å². The van der Waals surface area contributed by atoms with Gasteiger partial charge in [-0.15, -0.1) is 0 Å². The topological polar surface area (TPSA) is 75.4 Å². The van der Waals surface area contributed by atoms with Crippen molar-refractivity contribution < 1.29 is 22.8 Å². The summed E-state index contributed by atoms with van der Waals surface area (Å²) in [7, 11) is 0. The smallest absolute Gasteiger partial charge is 0.238 e. The summed E-state index contributed by atoms with van der Waals surface area (Å²) in [5.74, 6) is -3.63. The molecule has 2 aliphatic heterocycles. The van der Waals surface area contributed by atoms with Gasteiger partial charge in [0.1, 0.15) is 11.2 Å². The maximum absolute atomic E-state index is 14.1. The van der Waals surface area contributed by atoms with Crippen molar-refractivity contribution in [1.82, 2.24) is 10.2 Å². The maximum atomic E-state index is 14.1. The largest absolute Gasteiger partial charge is 0.351 e. The molecule has 4 atom stereocenters. The average Bonchev–Trinajstić information content (AvgIpc) is 3.09. The first-order valence-electron chi connectivity index (χ1n) is 12.1. The van der Waals surface area contributed by atoms with E-state index in [1.54, 1.807) is 13.8 Å². The van der Waals surface area contributed by atoms with Gasteiger partial charge in [-0.25, -0.2) is 13.2 Å². The molecule has 0 radical (unpaired) electrons. The summed E-state index contributed by atoms with van der Waals surface area (Å²) < 4.78 is 41.0. The number of piperidine rings is 1. The second-order valence-corrected chi connectivity index (χ2v) is 10.3. The number of nitrogens with one attached hydrogen (secondary N) is 1. The molecule has 188 valence electrons. The lowest BCUT2D eigenvalue weighted by Gasteiger charge is -2.43. The van der Waals surface area contributed by atoms with Gasteiger partial charge in [0.25, 0.3) is 0 Å². The van der Waals surface area contributed by atoms with E-state index in [2.05, 4.69) is 5.32 Å². The Morgan fingerprint density at radius 2 is 1.63 bits per heavy atom. The van der Waals surface area contributed by atoms with Crippen LogP contribution in [0.5, 0.6) is 0 Å². The molecule has 2 heterocycles. The summed E-state index contributed by atoms with van der Waals surface area (Å²) in [6.45, 7) is 3.65. The van der Waals surface area contributed by atoms with Crippen molar-refractivity contribution in [2.45, 2.75) is 70.6 Å². The van der Waals surface area contributed by atoms with Crippen molar-refractivity contribution in [3.8, 4) is 0 Å². The highest BCUT2D eigenvalue weighted by Gasteiger charge is 2.50. The molecule has 0 unspecified atom stereocenters. The molecule has 0 saturated carbocycles. The summed E-state index contributed by atoms with van der Waals surface area (Å²) in [6, 6.07) is 10.4. The number of hydrogen-bond acceptors (Lipinski definition) is 3. The Bertz CT molecular complexity index is 1080. The van der Waals surface area contributed by atoms with E-state index in [1.165, 1.54) is 0 Å². The number of amides is 2. The van der Waals surface area contributed by atoms with Crippen LogP contribution in [0.3, 0.4) is 0 Å². The summed E-state index contributed by atoms with van der Waals surface area (Å²) in [5, 5.41) is 2.88. The van der Waals surface area contributed by atoms with Gasteiger partial charge in [0.05, 0.1) is 0 Å². The molecule has 4 rings (SSSR count). The minimum absolute atomic E-state index is 0.0130. The minimum Gasteiger partial charge on any atom is -0.351 e. The minimum atomic E-state index is -1.22. The first-order valence-corrected chi connectivity index (χ1v) is 12.1. The van der Waals surface area contributed by atoms with Gasteiger partial charge in [-0.2, -0.15) is 0 Å². The molecule has 3 N–H and O–H groups in total. The molecule has 8 heteroatoms. The third-order valence-corrected chi connectivity index (χ3v) is 7.55. The van der Waals surface area contributed by atoms with E-state index in [1.807, 2.05) is 35.2 Å². The van der Waals surface area contributed by atoms with Crippen LogP contribution >= 0.6 is 0 Å². The predicted octanol–water partition coefficient (Wildman–Crippen LogP) is 4.09. The van der Waals surface area contributed by atoms with E-state index >= 15 is 0 Å². The van der Waals surface area contributed by atoms with E-state index in [9.17, 15) is 22.8 Å². The molecule has 2 fully saturated rings. The number of halogens is 3. The molecule has 2 aliphatic rings. The van der Waals surface area contributed by atoms with Crippen molar-refractivity contribution in [3.63, 3.8) is 0 Å². The molecule has 2 amide bonds. The standard InChI is InChI=1S/C27H32F3N3O2/c1-27(2,25(34)32-15-16-6-4-3-5-7-16)26(35)33-19-8-9-20(33)11-18(10-19)24(31)13-17-12-22(29)23(30)14-21(17)28/h3-7,12,14,18-20,24H,8-11,13,15,31H2,1-2H3,(H,32,34)/t18-,19-,20+,24-/m1/s1. The molecule has 0 aliphatic carbocycles. The molecule has 2 bridgehead atoms. The Hall–Kier alpha value is -2.87. The molecule has 0 spiro atoms. The Morgan fingerprint density at radius 3 is 2.26 bits per heavy atom. The van der Waals surface area contributed by atoms with Crippen molar-refractivity contribution in [1.29, 1.82) is 0 Å². The third kappa shape index (κ3) is 5.22. The highest BCUT2D eigenvalue weighted by atomic mass is 19.2. The summed E-state index contributed by atoms with van der Waals surface area (Å²) in [6.07, 6.45) is 3.00. The van der Waals surface area contributed by atoms with E-state index in [0.717, 1.165) is 24.5 Å². The maximum Gasteiger partial charge on any atom is 0.238 e. The highest BCUT2D eigenvalue weighted by Crippen LogP contribution is 2.42. The normalized spacial score (nSPS) is 22.7. The van der Waals surface area contributed by atoms with Crippen LogP contribution in [0.2, 0.25) is 0 Å². The lowest BCUT2D eigenvalue weighted by atomic mass is 9.81. The second kappa shape index (κ2) is 10.0. The van der Waals surface area contributed by atoms with Gasteiger partial charge < -0.3 is 16.0 Å². The molecule has 2 saturated heterocycles. The van der Waals surface area contributed by atoms with E-state index in [4.69, 9.17) is 5.73 Å². The Morgan fingerprint density at radius 1 is 1.03 bits per heavy atom. The van der Waals surface area contributed by atoms with E-state index < -0.39 is 28.9 Å². The van der Waals surface area contributed by atoms with Crippen LogP contribution in [0, 0.1) is 28.8 Å². The Labute approximate surface area is 203 Å². The number of carbonyl (C=O) groups is 2. The van der Waals surface area contributed by atoms with Crippen LogP contribution in [0.1, 0.15) is 50.7 Å². The van der Waals surface area contributed by atoms with Crippen molar-refractivity contribution in [2.75, 3.05) is 0 Å². The zero-order valence-corrected chi connectivity index (χ0v) is 20.1.